The van der Waals surface area contributed by atoms with Crippen LogP contribution in [0.2, 0.25) is 0 Å². The minimum atomic E-state index is 0.573. The van der Waals surface area contributed by atoms with Gasteiger partial charge in [0.1, 0.15) is 0 Å². The number of aryl methyl sites for hydroxylation is 2. The van der Waals surface area contributed by atoms with Gasteiger partial charge in [-0.2, -0.15) is 0 Å². The summed E-state index contributed by atoms with van der Waals surface area (Å²) in [5, 5.41) is 7.20. The standard InChI is InChI=1S/C77H52N6/c1-49-39-41-59(50(2)43-49)55-40-42-73-67(46-55)64-33-13-18-38-72(64)83(73)74-65(53-25-19-27-57(44-53)81-68-34-14-9-29-60(68)61-30-10-15-35-69(61)81)47-56(77-79-75(51-21-5-3-6-22-51)78-76(80-77)52-23-7-4-8-24-52)48-66(74)54-26-20-28-58(45-54)82-70-36-16-11-31-62(70)63-32-12-17-37-71(63)82/h3-48H,1-2H3. The van der Waals surface area contributed by atoms with Crippen LogP contribution >= 0.6 is 0 Å². The highest BCUT2D eigenvalue weighted by Gasteiger charge is 2.25. The fourth-order valence-corrected chi connectivity index (χ4v) is 12.9. The molecule has 83 heavy (non-hydrogen) atoms. The second-order valence-corrected chi connectivity index (χ2v) is 21.7. The van der Waals surface area contributed by atoms with Crippen molar-refractivity contribution in [2.45, 2.75) is 13.8 Å². The summed E-state index contributed by atoms with van der Waals surface area (Å²) in [5.41, 5.74) is 21.7. The molecule has 4 aromatic heterocycles. The summed E-state index contributed by atoms with van der Waals surface area (Å²) in [6, 6.07) is 101. The number of fused-ring (bicyclic) bond motifs is 9. The van der Waals surface area contributed by atoms with Crippen LogP contribution in [0.5, 0.6) is 0 Å². The van der Waals surface area contributed by atoms with Crippen LogP contribution in [-0.2, 0) is 0 Å². The van der Waals surface area contributed by atoms with Gasteiger partial charge in [-0.3, -0.25) is 0 Å². The Morgan fingerprint density at radius 2 is 0.614 bits per heavy atom. The molecule has 12 aromatic carbocycles. The van der Waals surface area contributed by atoms with Crippen molar-refractivity contribution in [2.24, 2.45) is 0 Å². The largest absolute Gasteiger partial charge is 0.309 e. The lowest BCUT2D eigenvalue weighted by atomic mass is 9.92. The Hall–Kier alpha value is -11.0. The number of hydrogen-bond donors (Lipinski definition) is 0. The minimum Gasteiger partial charge on any atom is -0.309 e. The third kappa shape index (κ3) is 7.98. The van der Waals surface area contributed by atoms with E-state index in [-0.39, 0.29) is 0 Å². The van der Waals surface area contributed by atoms with Gasteiger partial charge in [-0.1, -0.05) is 206 Å². The number of benzene rings is 12. The zero-order chi connectivity index (χ0) is 55.1. The molecule has 0 saturated heterocycles. The number of para-hydroxylation sites is 5. The minimum absolute atomic E-state index is 0.573. The Kier molecular flexibility index (Phi) is 11.2. The van der Waals surface area contributed by atoms with Crippen LogP contribution in [0.4, 0.5) is 0 Å². The molecule has 0 aliphatic heterocycles. The molecule has 6 heteroatoms. The zero-order valence-electron chi connectivity index (χ0n) is 45.7. The van der Waals surface area contributed by atoms with Gasteiger partial charge < -0.3 is 13.7 Å². The molecule has 390 valence electrons. The molecule has 6 nitrogen and oxygen atoms in total. The second-order valence-electron chi connectivity index (χ2n) is 21.7. The van der Waals surface area contributed by atoms with E-state index >= 15 is 0 Å². The van der Waals surface area contributed by atoms with E-state index in [9.17, 15) is 0 Å². The van der Waals surface area contributed by atoms with Crippen molar-refractivity contribution in [1.29, 1.82) is 0 Å². The van der Waals surface area contributed by atoms with Crippen LogP contribution in [0.1, 0.15) is 11.1 Å². The third-order valence-electron chi connectivity index (χ3n) is 16.6. The molecular weight excluding hydrogens is 1010 g/mol. The predicted molar refractivity (Wildman–Crippen MR) is 345 cm³/mol. The van der Waals surface area contributed by atoms with Crippen molar-refractivity contribution in [3.63, 3.8) is 0 Å². The summed E-state index contributed by atoms with van der Waals surface area (Å²) in [7, 11) is 0. The average molecular weight is 1060 g/mol. The lowest BCUT2D eigenvalue weighted by Crippen LogP contribution is -2.05. The highest BCUT2D eigenvalue weighted by molar-refractivity contribution is 6.13. The number of aromatic nitrogens is 6. The van der Waals surface area contributed by atoms with Gasteiger partial charge in [0.05, 0.1) is 38.8 Å². The van der Waals surface area contributed by atoms with Crippen LogP contribution in [0.3, 0.4) is 0 Å². The first kappa shape index (κ1) is 48.0. The van der Waals surface area contributed by atoms with Crippen LogP contribution in [-0.4, -0.2) is 28.7 Å². The molecule has 16 aromatic rings. The van der Waals surface area contributed by atoms with Gasteiger partial charge >= 0.3 is 0 Å². The molecule has 16 rings (SSSR count). The number of hydrogen-bond acceptors (Lipinski definition) is 3. The van der Waals surface area contributed by atoms with Crippen molar-refractivity contribution in [1.82, 2.24) is 28.7 Å². The maximum atomic E-state index is 5.43. The Labute approximate surface area is 480 Å². The lowest BCUT2D eigenvalue weighted by molar-refractivity contribution is 1.07. The van der Waals surface area contributed by atoms with Crippen molar-refractivity contribution in [3.05, 3.63) is 290 Å². The van der Waals surface area contributed by atoms with Gasteiger partial charge in [0.25, 0.3) is 0 Å². The summed E-state index contributed by atoms with van der Waals surface area (Å²) in [6.45, 7) is 4.38. The smallest absolute Gasteiger partial charge is 0.164 e. The number of rotatable bonds is 9. The molecule has 0 fully saturated rings. The van der Waals surface area contributed by atoms with Gasteiger partial charge in [0.2, 0.25) is 0 Å². The van der Waals surface area contributed by atoms with Crippen molar-refractivity contribution < 1.29 is 0 Å². The topological polar surface area (TPSA) is 53.5 Å². The molecule has 0 radical (unpaired) electrons. The first-order valence-corrected chi connectivity index (χ1v) is 28.3. The molecule has 0 bridgehead atoms. The van der Waals surface area contributed by atoms with E-state index in [0.29, 0.717) is 17.5 Å². The van der Waals surface area contributed by atoms with E-state index in [1.807, 2.05) is 36.4 Å². The highest BCUT2D eigenvalue weighted by atomic mass is 15.0. The highest BCUT2D eigenvalue weighted by Crippen LogP contribution is 2.46. The molecule has 0 amide bonds. The van der Waals surface area contributed by atoms with E-state index < -0.39 is 0 Å². The molecule has 0 saturated carbocycles. The van der Waals surface area contributed by atoms with Crippen LogP contribution in [0.15, 0.2) is 279 Å². The van der Waals surface area contributed by atoms with Crippen molar-refractivity contribution >= 4 is 65.4 Å². The van der Waals surface area contributed by atoms with Crippen molar-refractivity contribution in [3.8, 4) is 84.6 Å². The summed E-state index contributed by atoms with van der Waals surface area (Å²) in [5.74, 6) is 1.78. The summed E-state index contributed by atoms with van der Waals surface area (Å²) in [6.07, 6.45) is 0. The fraction of sp³-hybridized carbons (Fsp3) is 0.0260. The number of nitrogens with zero attached hydrogens (tertiary/aromatic N) is 6. The average Bonchev–Trinajstić information content (AvgIpc) is 2.37. The molecular formula is C77H52N6. The first-order chi connectivity index (χ1) is 41.0. The van der Waals surface area contributed by atoms with E-state index in [1.54, 1.807) is 0 Å². The molecule has 4 heterocycles. The van der Waals surface area contributed by atoms with Gasteiger partial charge in [-0.25, -0.2) is 15.0 Å². The Bertz CT molecular complexity index is 4890. The lowest BCUT2D eigenvalue weighted by Gasteiger charge is -2.22. The quantitative estimate of drug-likeness (QED) is 0.145. The molecule has 0 aliphatic carbocycles. The van der Waals surface area contributed by atoms with Gasteiger partial charge in [-0.05, 0) is 121 Å². The van der Waals surface area contributed by atoms with Gasteiger partial charge in [-0.15, -0.1) is 0 Å². The maximum Gasteiger partial charge on any atom is 0.164 e. The van der Waals surface area contributed by atoms with Crippen LogP contribution < -0.4 is 0 Å². The summed E-state index contributed by atoms with van der Waals surface area (Å²) >= 11 is 0. The van der Waals surface area contributed by atoms with E-state index in [0.717, 1.165) is 89.1 Å². The zero-order valence-corrected chi connectivity index (χ0v) is 45.7. The maximum absolute atomic E-state index is 5.43. The van der Waals surface area contributed by atoms with E-state index in [1.165, 1.54) is 54.6 Å². The molecule has 0 N–H and O–H groups in total. The predicted octanol–water partition coefficient (Wildman–Crippen LogP) is 19.8. The third-order valence-corrected chi connectivity index (χ3v) is 16.6. The van der Waals surface area contributed by atoms with E-state index in [2.05, 4.69) is 270 Å². The fourth-order valence-electron chi connectivity index (χ4n) is 12.9. The molecule has 0 aliphatic rings. The summed E-state index contributed by atoms with van der Waals surface area (Å²) in [4.78, 5) is 16.0. The first-order valence-electron chi connectivity index (χ1n) is 28.3. The molecule has 0 unspecified atom stereocenters. The second kappa shape index (κ2) is 19.4. The SMILES string of the molecule is Cc1ccc(-c2ccc3c(c2)c2ccccc2n3-c2c(-c3cccc(-n4c5ccccc5c5ccccc54)c3)cc(-c3nc(-c4ccccc4)nc(-c4ccccc4)n3)cc2-c2cccc(-n3c4ccccc4c4ccccc43)c2)c(C)c1. The van der Waals surface area contributed by atoms with Crippen molar-refractivity contribution in [2.75, 3.05) is 0 Å². The Morgan fingerprint density at radius 1 is 0.241 bits per heavy atom. The van der Waals surface area contributed by atoms with Crippen LogP contribution in [0, 0.1) is 13.8 Å². The molecule has 0 spiro atoms. The summed E-state index contributed by atoms with van der Waals surface area (Å²) < 4.78 is 7.34. The van der Waals surface area contributed by atoms with Crippen LogP contribution in [0.25, 0.3) is 150 Å². The molecule has 0 atom stereocenters. The van der Waals surface area contributed by atoms with Gasteiger partial charge in [0.15, 0.2) is 17.5 Å². The Balaban J connectivity index is 1.04. The van der Waals surface area contributed by atoms with E-state index in [4.69, 9.17) is 15.0 Å². The van der Waals surface area contributed by atoms with Gasteiger partial charge in [0, 0.05) is 71.5 Å². The monoisotopic (exact) mass is 1060 g/mol. The normalized spacial score (nSPS) is 11.7. The Morgan fingerprint density at radius 3 is 1.07 bits per heavy atom.